The number of benzene rings is 1. The number of oxazole rings is 1. The van der Waals surface area contributed by atoms with Crippen LogP contribution in [0, 0.1) is 0 Å². The van der Waals surface area contributed by atoms with Crippen molar-refractivity contribution in [2.45, 2.75) is 51.5 Å². The molecule has 156 valence electrons. The number of ketones is 1. The summed E-state index contributed by atoms with van der Waals surface area (Å²) in [5.41, 5.74) is 0.888. The standard InChI is InChI=1S/C22H29N3O4/c1-4-17(26)13-9-6-10-14-18(24-20(27)22(28)25(2)3)21-23-15-19(29-21)16-11-7-5-8-12-16/h5,7-8,11-12,15,18H,4,6,9-10,13-14H2,1-3H3,(H,24,27). The molecule has 0 aliphatic rings. The van der Waals surface area contributed by atoms with Gasteiger partial charge in [0, 0.05) is 32.5 Å². The highest BCUT2D eigenvalue weighted by molar-refractivity contribution is 6.34. The van der Waals surface area contributed by atoms with Gasteiger partial charge in [0.15, 0.2) is 5.76 Å². The number of rotatable bonds is 10. The number of nitrogens with one attached hydrogen (secondary N) is 1. The lowest BCUT2D eigenvalue weighted by Gasteiger charge is -2.17. The molecule has 2 amide bonds. The van der Waals surface area contributed by atoms with E-state index in [2.05, 4.69) is 10.3 Å². The molecule has 0 aliphatic carbocycles. The van der Waals surface area contributed by atoms with Crippen LogP contribution in [0.4, 0.5) is 0 Å². The molecule has 1 unspecified atom stereocenters. The van der Waals surface area contributed by atoms with E-state index in [9.17, 15) is 14.4 Å². The second-order valence-corrected chi connectivity index (χ2v) is 7.15. The fourth-order valence-corrected chi connectivity index (χ4v) is 2.89. The van der Waals surface area contributed by atoms with Crippen molar-refractivity contribution in [3.05, 3.63) is 42.4 Å². The highest BCUT2D eigenvalue weighted by Gasteiger charge is 2.24. The molecule has 29 heavy (non-hydrogen) atoms. The van der Waals surface area contributed by atoms with Crippen molar-refractivity contribution in [1.29, 1.82) is 0 Å². The first kappa shape index (κ1) is 22.3. The first-order chi connectivity index (χ1) is 13.9. The van der Waals surface area contributed by atoms with Gasteiger partial charge in [0.2, 0.25) is 5.89 Å². The number of likely N-dealkylation sites (N-methyl/N-ethyl adjacent to an activating group) is 1. The zero-order chi connectivity index (χ0) is 21.2. The molecule has 0 spiro atoms. The third-order valence-corrected chi connectivity index (χ3v) is 4.63. The Bertz CT molecular complexity index is 814. The second kappa shape index (κ2) is 11.1. The molecule has 0 aliphatic heterocycles. The molecule has 0 saturated carbocycles. The van der Waals surface area contributed by atoms with Crippen molar-refractivity contribution in [3.63, 3.8) is 0 Å². The third-order valence-electron chi connectivity index (χ3n) is 4.63. The van der Waals surface area contributed by atoms with E-state index < -0.39 is 17.9 Å². The molecule has 1 aromatic carbocycles. The van der Waals surface area contributed by atoms with Crippen molar-refractivity contribution in [3.8, 4) is 11.3 Å². The van der Waals surface area contributed by atoms with Gasteiger partial charge < -0.3 is 14.6 Å². The SMILES string of the molecule is CCC(=O)CCCCCC(NC(=O)C(=O)N(C)C)c1ncc(-c2ccccc2)o1. The van der Waals surface area contributed by atoms with Crippen LogP contribution in [-0.4, -0.2) is 41.6 Å². The lowest BCUT2D eigenvalue weighted by Crippen LogP contribution is -2.41. The van der Waals surface area contributed by atoms with Gasteiger partial charge in [0.05, 0.1) is 6.20 Å². The summed E-state index contributed by atoms with van der Waals surface area (Å²) < 4.78 is 5.88. The van der Waals surface area contributed by atoms with Crippen molar-refractivity contribution < 1.29 is 18.8 Å². The van der Waals surface area contributed by atoms with E-state index in [1.54, 1.807) is 6.20 Å². The smallest absolute Gasteiger partial charge is 0.311 e. The zero-order valence-corrected chi connectivity index (χ0v) is 17.3. The normalized spacial score (nSPS) is 11.7. The number of hydrogen-bond donors (Lipinski definition) is 1. The molecule has 0 radical (unpaired) electrons. The molecule has 7 heteroatoms. The van der Waals surface area contributed by atoms with Crippen LogP contribution < -0.4 is 5.32 Å². The Hall–Kier alpha value is -2.96. The summed E-state index contributed by atoms with van der Waals surface area (Å²) in [6.07, 6.45) is 5.77. The first-order valence-corrected chi connectivity index (χ1v) is 9.97. The molecule has 1 N–H and O–H groups in total. The third kappa shape index (κ3) is 6.85. The predicted octanol–water partition coefficient (Wildman–Crippen LogP) is 3.52. The summed E-state index contributed by atoms with van der Waals surface area (Å²) in [5.74, 6) is -0.0913. The largest absolute Gasteiger partial charge is 0.438 e. The number of amides is 2. The maximum Gasteiger partial charge on any atom is 0.311 e. The van der Waals surface area contributed by atoms with Crippen molar-refractivity contribution in [1.82, 2.24) is 15.2 Å². The summed E-state index contributed by atoms with van der Waals surface area (Å²) in [5, 5.41) is 2.74. The van der Waals surface area contributed by atoms with E-state index in [1.807, 2.05) is 37.3 Å². The molecule has 1 heterocycles. The average Bonchev–Trinajstić information content (AvgIpc) is 3.22. The van der Waals surface area contributed by atoms with Gasteiger partial charge in [0.1, 0.15) is 11.8 Å². The van der Waals surface area contributed by atoms with E-state index in [1.165, 1.54) is 19.0 Å². The summed E-state index contributed by atoms with van der Waals surface area (Å²) in [4.78, 5) is 41.2. The van der Waals surface area contributed by atoms with Gasteiger partial charge in [-0.3, -0.25) is 14.4 Å². The fraction of sp³-hybridized carbons (Fsp3) is 0.455. The van der Waals surface area contributed by atoms with Gasteiger partial charge in [-0.15, -0.1) is 0 Å². The lowest BCUT2D eigenvalue weighted by atomic mass is 10.0. The fourth-order valence-electron chi connectivity index (χ4n) is 2.89. The van der Waals surface area contributed by atoms with Crippen LogP contribution >= 0.6 is 0 Å². The number of hydrogen-bond acceptors (Lipinski definition) is 5. The zero-order valence-electron chi connectivity index (χ0n) is 17.3. The molecular weight excluding hydrogens is 370 g/mol. The molecule has 0 fully saturated rings. The van der Waals surface area contributed by atoms with Gasteiger partial charge >= 0.3 is 11.8 Å². The number of Topliss-reactive ketones (excluding diaryl/α,β-unsaturated/α-hetero) is 1. The van der Waals surface area contributed by atoms with Crippen LogP contribution in [0.5, 0.6) is 0 Å². The number of carbonyl (C=O) groups is 3. The van der Waals surface area contributed by atoms with E-state index in [4.69, 9.17) is 4.42 Å². The van der Waals surface area contributed by atoms with Crippen molar-refractivity contribution in [2.75, 3.05) is 14.1 Å². The van der Waals surface area contributed by atoms with Crippen LogP contribution in [0.3, 0.4) is 0 Å². The summed E-state index contributed by atoms with van der Waals surface area (Å²) >= 11 is 0. The molecule has 0 saturated heterocycles. The highest BCUT2D eigenvalue weighted by Crippen LogP contribution is 2.25. The van der Waals surface area contributed by atoms with Crippen LogP contribution in [0.25, 0.3) is 11.3 Å². The molecule has 7 nitrogen and oxygen atoms in total. The van der Waals surface area contributed by atoms with Gasteiger partial charge in [-0.1, -0.05) is 50.1 Å². The Balaban J connectivity index is 2.06. The Morgan fingerprint density at radius 1 is 1.10 bits per heavy atom. The van der Waals surface area contributed by atoms with Gasteiger partial charge in [-0.05, 0) is 12.8 Å². The molecule has 2 rings (SSSR count). The molecule has 1 aromatic heterocycles. The highest BCUT2D eigenvalue weighted by atomic mass is 16.4. The number of carbonyl (C=O) groups excluding carboxylic acids is 3. The Kier molecular flexibility index (Phi) is 8.58. The van der Waals surface area contributed by atoms with E-state index in [0.717, 1.165) is 24.8 Å². The first-order valence-electron chi connectivity index (χ1n) is 9.97. The lowest BCUT2D eigenvalue weighted by molar-refractivity contribution is -0.144. The van der Waals surface area contributed by atoms with Crippen molar-refractivity contribution >= 4 is 17.6 Å². The molecule has 0 bridgehead atoms. The quantitative estimate of drug-likeness (QED) is 0.487. The minimum atomic E-state index is -0.694. The van der Waals surface area contributed by atoms with Gasteiger partial charge in [0.25, 0.3) is 0 Å². The average molecular weight is 399 g/mol. The van der Waals surface area contributed by atoms with E-state index in [-0.39, 0.29) is 5.78 Å². The van der Waals surface area contributed by atoms with Crippen LogP contribution in [-0.2, 0) is 14.4 Å². The maximum atomic E-state index is 12.2. The topological polar surface area (TPSA) is 92.5 Å². The molecule has 2 aromatic rings. The van der Waals surface area contributed by atoms with E-state index >= 15 is 0 Å². The van der Waals surface area contributed by atoms with Crippen LogP contribution in [0.2, 0.25) is 0 Å². The summed E-state index contributed by atoms with van der Waals surface area (Å²) in [7, 11) is 3.06. The molecule has 1 atom stereocenters. The van der Waals surface area contributed by atoms with Crippen molar-refractivity contribution in [2.24, 2.45) is 0 Å². The summed E-state index contributed by atoms with van der Waals surface area (Å²) in [6.45, 7) is 1.86. The minimum absolute atomic E-state index is 0.256. The van der Waals surface area contributed by atoms with Gasteiger partial charge in [-0.25, -0.2) is 4.98 Å². The van der Waals surface area contributed by atoms with Crippen LogP contribution in [0.1, 0.15) is 57.4 Å². The Labute approximate surface area is 171 Å². The van der Waals surface area contributed by atoms with E-state index in [0.29, 0.717) is 30.9 Å². The van der Waals surface area contributed by atoms with Gasteiger partial charge in [-0.2, -0.15) is 0 Å². The second-order valence-electron chi connectivity index (χ2n) is 7.15. The number of unbranched alkanes of at least 4 members (excludes halogenated alkanes) is 2. The predicted molar refractivity (Wildman–Crippen MR) is 110 cm³/mol. The number of aromatic nitrogens is 1. The van der Waals surface area contributed by atoms with Crippen LogP contribution in [0.15, 0.2) is 40.9 Å². The maximum absolute atomic E-state index is 12.2. The Morgan fingerprint density at radius 2 is 1.83 bits per heavy atom. The Morgan fingerprint density at radius 3 is 2.48 bits per heavy atom. The minimum Gasteiger partial charge on any atom is -0.438 e. The monoisotopic (exact) mass is 399 g/mol. The number of nitrogens with zero attached hydrogens (tertiary/aromatic N) is 2. The molecular formula is C22H29N3O4. The summed E-state index contributed by atoms with van der Waals surface area (Å²) in [6, 6.07) is 9.05.